The molecule has 0 amide bonds. The lowest BCUT2D eigenvalue weighted by molar-refractivity contribution is 0.829. The topological polar surface area (TPSA) is 37.8 Å². The lowest BCUT2D eigenvalue weighted by atomic mass is 10.2. The van der Waals surface area contributed by atoms with Crippen LogP contribution >= 0.6 is 23.5 Å². The monoisotopic (exact) mass is 283 g/mol. The van der Waals surface area contributed by atoms with E-state index >= 15 is 0 Å². The van der Waals surface area contributed by atoms with Crippen LogP contribution in [0.15, 0.2) is 6.07 Å². The Kier molecular flexibility index (Phi) is 5.63. The molecular formula is C13H21N3S2. The first kappa shape index (κ1) is 14.0. The number of aryl methyl sites for hydroxylation is 1. The van der Waals surface area contributed by atoms with Gasteiger partial charge in [-0.1, -0.05) is 13.3 Å². The Morgan fingerprint density at radius 3 is 2.89 bits per heavy atom. The highest BCUT2D eigenvalue weighted by molar-refractivity contribution is 8.06. The fraction of sp³-hybridized carbons (Fsp3) is 0.692. The van der Waals surface area contributed by atoms with E-state index in [1.165, 1.54) is 17.2 Å². The van der Waals surface area contributed by atoms with E-state index in [1.807, 2.05) is 23.5 Å². The van der Waals surface area contributed by atoms with Crippen molar-refractivity contribution in [3.05, 3.63) is 17.6 Å². The van der Waals surface area contributed by atoms with Gasteiger partial charge in [-0.15, -0.1) is 11.8 Å². The minimum atomic E-state index is 0.470. The van der Waals surface area contributed by atoms with Crippen LogP contribution in [0.25, 0.3) is 0 Å². The molecule has 5 heteroatoms. The van der Waals surface area contributed by atoms with Gasteiger partial charge in [0.15, 0.2) is 0 Å². The van der Waals surface area contributed by atoms with Crippen LogP contribution in [-0.2, 0) is 6.42 Å². The van der Waals surface area contributed by atoms with Gasteiger partial charge in [0.2, 0.25) is 0 Å². The zero-order valence-electron chi connectivity index (χ0n) is 11.1. The van der Waals surface area contributed by atoms with Crippen molar-refractivity contribution >= 4 is 29.3 Å². The molecule has 1 saturated heterocycles. The molecule has 1 atom stereocenters. The van der Waals surface area contributed by atoms with Crippen LogP contribution < -0.4 is 5.32 Å². The Bertz CT molecular complexity index is 354. The normalized spacial score (nSPS) is 19.8. The molecule has 0 aliphatic carbocycles. The summed E-state index contributed by atoms with van der Waals surface area (Å²) in [7, 11) is 0. The highest BCUT2D eigenvalue weighted by Gasteiger charge is 2.20. The maximum Gasteiger partial charge on any atom is 0.144 e. The van der Waals surface area contributed by atoms with E-state index in [0.29, 0.717) is 5.25 Å². The van der Waals surface area contributed by atoms with Gasteiger partial charge >= 0.3 is 0 Å². The van der Waals surface area contributed by atoms with Crippen LogP contribution in [-0.4, -0.2) is 33.8 Å². The average Bonchev–Trinajstić information content (AvgIpc) is 2.40. The van der Waals surface area contributed by atoms with Crippen molar-refractivity contribution in [2.75, 3.05) is 29.1 Å². The number of thioether (sulfide) groups is 2. The van der Waals surface area contributed by atoms with E-state index in [1.54, 1.807) is 0 Å². The van der Waals surface area contributed by atoms with Crippen molar-refractivity contribution in [2.24, 2.45) is 0 Å². The molecule has 1 aliphatic heterocycles. The quantitative estimate of drug-likeness (QED) is 0.896. The van der Waals surface area contributed by atoms with Crippen molar-refractivity contribution in [1.29, 1.82) is 0 Å². The summed E-state index contributed by atoms with van der Waals surface area (Å²) in [5.41, 5.74) is 1.18. The molecule has 0 bridgehead atoms. The van der Waals surface area contributed by atoms with E-state index < -0.39 is 0 Å². The lowest BCUT2D eigenvalue weighted by Gasteiger charge is -2.20. The van der Waals surface area contributed by atoms with Gasteiger partial charge in [0.05, 0.1) is 5.25 Å². The number of nitrogens with zero attached hydrogens (tertiary/aromatic N) is 2. The zero-order valence-corrected chi connectivity index (χ0v) is 12.7. The summed E-state index contributed by atoms with van der Waals surface area (Å²) in [6.45, 7) is 5.21. The molecule has 1 aromatic heterocycles. The van der Waals surface area contributed by atoms with Crippen LogP contribution in [0, 0.1) is 0 Å². The molecule has 0 spiro atoms. The minimum absolute atomic E-state index is 0.470. The van der Waals surface area contributed by atoms with E-state index in [9.17, 15) is 0 Å². The molecule has 0 aromatic carbocycles. The van der Waals surface area contributed by atoms with E-state index in [-0.39, 0.29) is 0 Å². The van der Waals surface area contributed by atoms with Gasteiger partial charge in [-0.05, 0) is 13.3 Å². The highest BCUT2D eigenvalue weighted by atomic mass is 32.2. The molecule has 0 saturated carbocycles. The predicted octanol–water partition coefficient (Wildman–Crippen LogP) is 3.38. The fourth-order valence-electron chi connectivity index (χ4n) is 1.95. The summed E-state index contributed by atoms with van der Waals surface area (Å²) in [4.78, 5) is 9.42. The summed E-state index contributed by atoms with van der Waals surface area (Å²) in [5, 5.41) is 3.79. The highest BCUT2D eigenvalue weighted by Crippen LogP contribution is 2.35. The number of hydrogen-bond acceptors (Lipinski definition) is 5. The number of aromatic nitrogens is 2. The predicted molar refractivity (Wildman–Crippen MR) is 82.7 cm³/mol. The van der Waals surface area contributed by atoms with Crippen LogP contribution in [0.5, 0.6) is 0 Å². The molecule has 1 unspecified atom stereocenters. The Labute approximate surface area is 118 Å². The average molecular weight is 283 g/mol. The molecule has 0 radical (unpaired) electrons. The largest absolute Gasteiger partial charge is 0.370 e. The van der Waals surface area contributed by atoms with Crippen molar-refractivity contribution in [3.8, 4) is 0 Å². The third kappa shape index (κ3) is 3.79. The first-order valence-electron chi connectivity index (χ1n) is 6.64. The third-order valence-electron chi connectivity index (χ3n) is 2.76. The number of nitrogens with one attached hydrogen (secondary N) is 1. The second kappa shape index (κ2) is 7.24. The van der Waals surface area contributed by atoms with Gasteiger partial charge < -0.3 is 5.32 Å². The Hall–Kier alpha value is -0.420. The minimum Gasteiger partial charge on any atom is -0.370 e. The van der Waals surface area contributed by atoms with Crippen molar-refractivity contribution in [2.45, 2.75) is 31.9 Å². The maximum absolute atomic E-state index is 4.74. The van der Waals surface area contributed by atoms with Gasteiger partial charge in [-0.3, -0.25) is 0 Å². The molecule has 1 aromatic rings. The first-order chi connectivity index (χ1) is 8.83. The SMILES string of the molecule is CCCc1cc(NCC)nc(C2CSCCS2)n1. The summed E-state index contributed by atoms with van der Waals surface area (Å²) < 4.78 is 0. The Morgan fingerprint density at radius 2 is 2.22 bits per heavy atom. The lowest BCUT2D eigenvalue weighted by Crippen LogP contribution is -2.13. The molecule has 1 fully saturated rings. The second-order valence-corrected chi connectivity index (χ2v) is 6.78. The van der Waals surface area contributed by atoms with Crippen molar-refractivity contribution in [3.63, 3.8) is 0 Å². The molecular weight excluding hydrogens is 262 g/mol. The van der Waals surface area contributed by atoms with Crippen LogP contribution in [0.2, 0.25) is 0 Å². The van der Waals surface area contributed by atoms with Crippen molar-refractivity contribution in [1.82, 2.24) is 9.97 Å². The number of anilines is 1. The fourth-order valence-corrected chi connectivity index (χ4v) is 4.55. The van der Waals surface area contributed by atoms with E-state index in [4.69, 9.17) is 4.98 Å². The summed E-state index contributed by atoms with van der Waals surface area (Å²) in [6.07, 6.45) is 2.17. The molecule has 3 nitrogen and oxygen atoms in total. The number of rotatable bonds is 5. The maximum atomic E-state index is 4.74. The second-order valence-electron chi connectivity index (χ2n) is 4.32. The molecule has 2 rings (SSSR count). The summed E-state index contributed by atoms with van der Waals surface area (Å²) >= 11 is 4.01. The number of hydrogen-bond donors (Lipinski definition) is 1. The van der Waals surface area contributed by atoms with Gasteiger partial charge in [-0.25, -0.2) is 9.97 Å². The Balaban J connectivity index is 2.20. The summed E-state index contributed by atoms with van der Waals surface area (Å²) in [6, 6.07) is 2.09. The van der Waals surface area contributed by atoms with Crippen molar-refractivity contribution < 1.29 is 0 Å². The van der Waals surface area contributed by atoms with E-state index in [2.05, 4.69) is 30.2 Å². The van der Waals surface area contributed by atoms with Crippen LogP contribution in [0.3, 0.4) is 0 Å². The third-order valence-corrected chi connectivity index (χ3v) is 5.52. The van der Waals surface area contributed by atoms with E-state index in [0.717, 1.165) is 36.8 Å². The first-order valence-corrected chi connectivity index (χ1v) is 8.85. The smallest absolute Gasteiger partial charge is 0.144 e. The van der Waals surface area contributed by atoms with Crippen LogP contribution in [0.4, 0.5) is 5.82 Å². The molecule has 100 valence electrons. The summed E-state index contributed by atoms with van der Waals surface area (Å²) in [5.74, 6) is 5.63. The molecule has 18 heavy (non-hydrogen) atoms. The molecule has 1 N–H and O–H groups in total. The molecule has 1 aliphatic rings. The van der Waals surface area contributed by atoms with Crippen LogP contribution in [0.1, 0.15) is 37.0 Å². The van der Waals surface area contributed by atoms with Gasteiger partial charge in [0, 0.05) is 35.6 Å². The molecule has 2 heterocycles. The van der Waals surface area contributed by atoms with Gasteiger partial charge in [0.25, 0.3) is 0 Å². The zero-order chi connectivity index (χ0) is 12.8. The van der Waals surface area contributed by atoms with Gasteiger partial charge in [0.1, 0.15) is 11.6 Å². The standard InChI is InChI=1S/C13H21N3S2/c1-3-5-10-8-12(14-4-2)16-13(15-10)11-9-17-6-7-18-11/h8,11H,3-7,9H2,1-2H3,(H,14,15,16). The Morgan fingerprint density at radius 1 is 1.33 bits per heavy atom. The van der Waals surface area contributed by atoms with Gasteiger partial charge in [-0.2, -0.15) is 11.8 Å².